The van der Waals surface area contributed by atoms with Gasteiger partial charge in [-0.1, -0.05) is 5.57 Å². The van der Waals surface area contributed by atoms with Crippen LogP contribution in [0.4, 0.5) is 0 Å². The fourth-order valence-electron chi connectivity index (χ4n) is 1.19. The second-order valence-electron chi connectivity index (χ2n) is 3.64. The third-order valence-corrected chi connectivity index (χ3v) is 2.17. The van der Waals surface area contributed by atoms with E-state index in [0.29, 0.717) is 6.04 Å². The predicted molar refractivity (Wildman–Crippen MR) is 56.2 cm³/mol. The van der Waals surface area contributed by atoms with E-state index in [2.05, 4.69) is 12.0 Å². The quantitative estimate of drug-likeness (QED) is 0.361. The van der Waals surface area contributed by atoms with Crippen LogP contribution >= 0.6 is 0 Å². The van der Waals surface area contributed by atoms with Crippen LogP contribution in [0.2, 0.25) is 0 Å². The molecule has 0 aromatic carbocycles. The minimum absolute atomic E-state index is 0.256. The number of nitrogens with two attached hydrogens (primary N) is 1. The lowest BCUT2D eigenvalue weighted by Crippen LogP contribution is -2.37. The molecule has 0 aliphatic heterocycles. The van der Waals surface area contributed by atoms with E-state index in [1.165, 1.54) is 5.57 Å². The monoisotopic (exact) mass is 186 g/mol. The Bertz CT molecular complexity index is 148. The first-order chi connectivity index (χ1) is 6.10. The van der Waals surface area contributed by atoms with Gasteiger partial charge in [-0.05, 0) is 33.1 Å². The van der Waals surface area contributed by atoms with E-state index in [1.54, 1.807) is 7.11 Å². The van der Waals surface area contributed by atoms with Crippen molar-refractivity contribution < 1.29 is 4.74 Å². The molecule has 0 saturated carbocycles. The van der Waals surface area contributed by atoms with E-state index in [0.717, 1.165) is 19.3 Å². The molecule has 0 aliphatic rings. The molecule has 2 atom stereocenters. The van der Waals surface area contributed by atoms with Gasteiger partial charge in [0.25, 0.3) is 0 Å². The topological polar surface area (TPSA) is 47.3 Å². The summed E-state index contributed by atoms with van der Waals surface area (Å²) in [6, 6.07) is 0.326. The van der Waals surface area contributed by atoms with Crippen LogP contribution in [0.5, 0.6) is 0 Å². The Morgan fingerprint density at radius 1 is 1.62 bits per heavy atom. The minimum atomic E-state index is 0.256. The summed E-state index contributed by atoms with van der Waals surface area (Å²) >= 11 is 0. The summed E-state index contributed by atoms with van der Waals surface area (Å²) in [5.74, 6) is 5.43. The highest BCUT2D eigenvalue weighted by Gasteiger charge is 2.10. The molecule has 0 amide bonds. The van der Waals surface area contributed by atoms with Gasteiger partial charge in [0.2, 0.25) is 0 Å². The molecule has 0 heterocycles. The third-order valence-electron chi connectivity index (χ3n) is 2.17. The second kappa shape index (κ2) is 7.06. The van der Waals surface area contributed by atoms with Crippen LogP contribution in [0.1, 0.15) is 33.1 Å². The number of methoxy groups -OCH3 is 1. The largest absolute Gasteiger partial charge is 0.382 e. The first-order valence-electron chi connectivity index (χ1n) is 4.73. The smallest absolute Gasteiger partial charge is 0.0558 e. The molecule has 3 heteroatoms. The highest BCUT2D eigenvalue weighted by molar-refractivity contribution is 4.89. The van der Waals surface area contributed by atoms with Crippen LogP contribution in [-0.2, 0) is 4.74 Å². The fraction of sp³-hybridized carbons (Fsp3) is 0.800. The molecule has 0 spiro atoms. The molecule has 0 rings (SSSR count). The van der Waals surface area contributed by atoms with Crippen LogP contribution in [0.3, 0.4) is 0 Å². The first-order valence-corrected chi connectivity index (χ1v) is 4.73. The molecule has 13 heavy (non-hydrogen) atoms. The molecule has 0 radical (unpaired) electrons. The highest BCUT2D eigenvalue weighted by Crippen LogP contribution is 2.09. The molecule has 0 bridgehead atoms. The Labute approximate surface area is 81.3 Å². The van der Waals surface area contributed by atoms with Crippen molar-refractivity contribution in [3.63, 3.8) is 0 Å². The van der Waals surface area contributed by atoms with Crippen molar-refractivity contribution >= 4 is 0 Å². The molecular formula is C10H22N2O. The van der Waals surface area contributed by atoms with Gasteiger partial charge >= 0.3 is 0 Å². The summed E-state index contributed by atoms with van der Waals surface area (Å²) in [6.07, 6.45) is 3.25. The number of rotatable bonds is 7. The zero-order valence-corrected chi connectivity index (χ0v) is 8.97. The Morgan fingerprint density at radius 2 is 2.23 bits per heavy atom. The summed E-state index contributed by atoms with van der Waals surface area (Å²) in [6.45, 7) is 7.94. The van der Waals surface area contributed by atoms with Crippen molar-refractivity contribution in [3.05, 3.63) is 12.2 Å². The molecule has 0 saturated heterocycles. The van der Waals surface area contributed by atoms with E-state index in [9.17, 15) is 0 Å². The Morgan fingerprint density at radius 3 is 2.62 bits per heavy atom. The zero-order chi connectivity index (χ0) is 10.3. The second-order valence-corrected chi connectivity index (χ2v) is 3.64. The zero-order valence-electron chi connectivity index (χ0n) is 8.97. The Hall–Kier alpha value is -0.380. The van der Waals surface area contributed by atoms with E-state index < -0.39 is 0 Å². The summed E-state index contributed by atoms with van der Waals surface area (Å²) in [5, 5.41) is 0. The van der Waals surface area contributed by atoms with Crippen molar-refractivity contribution in [3.8, 4) is 0 Å². The first kappa shape index (κ1) is 12.6. The molecule has 78 valence electrons. The average molecular weight is 186 g/mol. The molecular weight excluding hydrogens is 164 g/mol. The Kier molecular flexibility index (Phi) is 6.86. The van der Waals surface area contributed by atoms with Gasteiger partial charge in [-0.3, -0.25) is 11.3 Å². The summed E-state index contributed by atoms with van der Waals surface area (Å²) < 4.78 is 5.17. The van der Waals surface area contributed by atoms with Crippen molar-refractivity contribution in [1.29, 1.82) is 0 Å². The number of hydrazine groups is 1. The molecule has 0 fully saturated rings. The van der Waals surface area contributed by atoms with E-state index in [4.69, 9.17) is 10.6 Å². The lowest BCUT2D eigenvalue weighted by atomic mass is 10.0. The number of hydrogen-bond acceptors (Lipinski definition) is 3. The maximum absolute atomic E-state index is 5.43. The molecule has 0 aromatic rings. The van der Waals surface area contributed by atoms with Gasteiger partial charge in [-0.25, -0.2) is 0 Å². The van der Waals surface area contributed by atoms with Crippen LogP contribution < -0.4 is 11.3 Å². The van der Waals surface area contributed by atoms with Gasteiger partial charge in [0, 0.05) is 13.2 Å². The third kappa shape index (κ3) is 6.75. The molecule has 0 aliphatic carbocycles. The standard InChI is InChI=1S/C10H22N2O/c1-8(2)5-6-10(12-11)7-9(3)13-4/h9-10,12H,1,5-7,11H2,2-4H3. The molecule has 3 N–H and O–H groups in total. The predicted octanol–water partition coefficient (Wildman–Crippen LogP) is 1.60. The molecule has 2 unspecified atom stereocenters. The average Bonchev–Trinajstić information content (AvgIpc) is 2.11. The maximum Gasteiger partial charge on any atom is 0.0558 e. The van der Waals surface area contributed by atoms with E-state index >= 15 is 0 Å². The number of ether oxygens (including phenoxy) is 1. The summed E-state index contributed by atoms with van der Waals surface area (Å²) in [5.41, 5.74) is 4.00. The lowest BCUT2D eigenvalue weighted by Gasteiger charge is -2.19. The minimum Gasteiger partial charge on any atom is -0.382 e. The summed E-state index contributed by atoms with van der Waals surface area (Å²) in [7, 11) is 1.72. The van der Waals surface area contributed by atoms with E-state index in [-0.39, 0.29) is 6.10 Å². The van der Waals surface area contributed by atoms with Gasteiger partial charge in [-0.15, -0.1) is 6.58 Å². The fourth-order valence-corrected chi connectivity index (χ4v) is 1.19. The lowest BCUT2D eigenvalue weighted by molar-refractivity contribution is 0.0993. The normalized spacial score (nSPS) is 15.4. The van der Waals surface area contributed by atoms with Crippen molar-refractivity contribution in [2.75, 3.05) is 7.11 Å². The van der Waals surface area contributed by atoms with Crippen LogP contribution in [0.25, 0.3) is 0 Å². The SMILES string of the molecule is C=C(C)CCC(CC(C)OC)NN. The van der Waals surface area contributed by atoms with Gasteiger partial charge < -0.3 is 4.74 Å². The van der Waals surface area contributed by atoms with Crippen LogP contribution in [0, 0.1) is 0 Å². The number of allylic oxidation sites excluding steroid dienone is 1. The van der Waals surface area contributed by atoms with Gasteiger partial charge in [0.1, 0.15) is 0 Å². The highest BCUT2D eigenvalue weighted by atomic mass is 16.5. The van der Waals surface area contributed by atoms with Crippen molar-refractivity contribution in [1.82, 2.24) is 5.43 Å². The summed E-state index contributed by atoms with van der Waals surface area (Å²) in [4.78, 5) is 0. The molecule has 0 aromatic heterocycles. The van der Waals surface area contributed by atoms with Crippen LogP contribution in [0.15, 0.2) is 12.2 Å². The van der Waals surface area contributed by atoms with Gasteiger partial charge in [0.15, 0.2) is 0 Å². The number of hydrogen-bond donors (Lipinski definition) is 2. The Balaban J connectivity index is 3.68. The van der Waals surface area contributed by atoms with Crippen molar-refractivity contribution in [2.45, 2.75) is 45.3 Å². The van der Waals surface area contributed by atoms with Crippen LogP contribution in [-0.4, -0.2) is 19.3 Å². The number of nitrogens with one attached hydrogen (secondary N) is 1. The van der Waals surface area contributed by atoms with Crippen molar-refractivity contribution in [2.24, 2.45) is 5.84 Å². The van der Waals surface area contributed by atoms with Gasteiger partial charge in [0.05, 0.1) is 6.10 Å². The maximum atomic E-state index is 5.43. The molecule has 3 nitrogen and oxygen atoms in total. The van der Waals surface area contributed by atoms with Gasteiger partial charge in [-0.2, -0.15) is 0 Å². The van der Waals surface area contributed by atoms with E-state index in [1.807, 2.05) is 13.8 Å².